The number of carbonyl (C=O) groups excluding carboxylic acids is 2. The molecule has 0 N–H and O–H groups in total. The zero-order valence-electron chi connectivity index (χ0n) is 30.4. The number of carboxylic acid groups (broad SMARTS) is 2. The minimum absolute atomic E-state index is 0. The molecule has 0 heterocycles. The molecule has 0 atom stereocenters. The predicted molar refractivity (Wildman–Crippen MR) is 187 cm³/mol. The number of unbranched alkanes of at least 4 members (excludes halogenated alkanes) is 28. The predicted octanol–water partition coefficient (Wildman–Crippen LogP) is 6.36. The van der Waals surface area contributed by atoms with Gasteiger partial charge in [0.1, 0.15) is 0 Å². The summed E-state index contributed by atoms with van der Waals surface area (Å²) in [6, 6.07) is 0. The van der Waals surface area contributed by atoms with Crippen LogP contribution >= 0.6 is 0 Å². The van der Waals surface area contributed by atoms with Gasteiger partial charge < -0.3 is 33.9 Å². The Balaban J connectivity index is -0.000000210. The van der Waals surface area contributed by atoms with Crippen molar-refractivity contribution in [3.63, 3.8) is 0 Å². The zero-order valence-corrected chi connectivity index (χ0v) is 35.8. The third kappa shape index (κ3) is 71.2. The van der Waals surface area contributed by atoms with Crippen LogP contribution in [-0.4, -0.2) is 96.6 Å². The molecule has 0 bridgehead atoms. The van der Waals surface area contributed by atoms with E-state index in [2.05, 4.69) is 13.8 Å². The zero-order chi connectivity index (χ0) is 33.4. The van der Waals surface area contributed by atoms with Crippen LogP contribution in [0.1, 0.15) is 219 Å². The van der Waals surface area contributed by atoms with Crippen LogP contribution in [0.15, 0.2) is 0 Å². The summed E-state index contributed by atoms with van der Waals surface area (Å²) >= 11 is 0. The van der Waals surface area contributed by atoms with Crippen molar-refractivity contribution in [2.45, 2.75) is 219 Å². The van der Waals surface area contributed by atoms with Gasteiger partial charge in [0.2, 0.25) is 0 Å². The Morgan fingerprint density at radius 1 is 0.370 bits per heavy atom. The van der Waals surface area contributed by atoms with Gasteiger partial charge in [-0.3, -0.25) is 0 Å². The van der Waals surface area contributed by atoms with Crippen molar-refractivity contribution >= 4 is 96.6 Å². The molecular formula is C36H70Ca2O7Si. The van der Waals surface area contributed by atoms with E-state index in [9.17, 15) is 19.8 Å². The Hall–Kier alpha value is 1.08. The van der Waals surface area contributed by atoms with E-state index in [1.165, 1.54) is 167 Å². The molecule has 7 nitrogen and oxygen atoms in total. The van der Waals surface area contributed by atoms with Crippen LogP contribution in [0.25, 0.3) is 0 Å². The number of aliphatic carboxylic acids is 2. The molecule has 264 valence electrons. The van der Waals surface area contributed by atoms with Crippen molar-refractivity contribution in [1.29, 1.82) is 0 Å². The van der Waals surface area contributed by atoms with Crippen LogP contribution in [0.4, 0.5) is 0 Å². The van der Waals surface area contributed by atoms with Gasteiger partial charge in [-0.15, -0.1) is 0 Å². The standard InChI is InChI=1S/2C18H36O2.2Ca.O3Si/c2*1-2-3-4-5-6-7-8-9-10-11-12-13-14-15-16-17-18(19)20;;;1-4(2)3/h2*2-17H2,1H3,(H,19,20);;;/q;;2*+2;-2/p-2. The Morgan fingerprint density at radius 2 is 0.500 bits per heavy atom. The molecule has 0 fully saturated rings. The normalized spacial score (nSPS) is 9.96. The molecule has 0 saturated carbocycles. The smallest absolute Gasteiger partial charge is 0.672 e. The Morgan fingerprint density at radius 3 is 0.630 bits per heavy atom. The molecule has 46 heavy (non-hydrogen) atoms. The largest absolute Gasteiger partial charge is 2.00 e. The molecule has 0 unspecified atom stereocenters. The number of rotatable bonds is 32. The average molecular weight is 723 g/mol. The van der Waals surface area contributed by atoms with Crippen molar-refractivity contribution < 1.29 is 33.9 Å². The first-order chi connectivity index (χ1) is 21.3. The molecule has 0 aliphatic rings. The summed E-state index contributed by atoms with van der Waals surface area (Å²) in [7, 11) is -3.63. The molecule has 0 saturated heterocycles. The van der Waals surface area contributed by atoms with E-state index in [0.29, 0.717) is 0 Å². The molecule has 0 aromatic rings. The van der Waals surface area contributed by atoms with E-state index in [-0.39, 0.29) is 88.3 Å². The summed E-state index contributed by atoms with van der Waals surface area (Å²) in [6.07, 6.45) is 39.7. The second-order valence-corrected chi connectivity index (χ2v) is 12.9. The molecule has 10 heteroatoms. The van der Waals surface area contributed by atoms with Gasteiger partial charge in [-0.1, -0.05) is 194 Å². The molecular weight excluding hydrogens is 653 g/mol. The summed E-state index contributed by atoms with van der Waals surface area (Å²) in [5.74, 6) is -1.81. The van der Waals surface area contributed by atoms with Gasteiger partial charge in [-0.05, 0) is 25.7 Å². The summed E-state index contributed by atoms with van der Waals surface area (Å²) in [6.45, 7) is 4.53. The molecule has 0 spiro atoms. The Labute approximate surface area is 346 Å². The quantitative estimate of drug-likeness (QED) is 0.0581. The SMILES string of the molecule is CCCCCCCCCCCCCCCCCC(=O)[O-].CCCCCCCCCCCCCCCCCC(=O)[O-].O=[Si]([O-])[O-].[Ca+2].[Ca+2]. The summed E-state index contributed by atoms with van der Waals surface area (Å²) < 4.78 is 8.52. The van der Waals surface area contributed by atoms with Crippen molar-refractivity contribution in [2.24, 2.45) is 0 Å². The maximum Gasteiger partial charge on any atom is 2.00 e. The number of hydrogen-bond donors (Lipinski definition) is 0. The second kappa shape index (κ2) is 52.9. The first-order valence-corrected chi connectivity index (χ1v) is 19.8. The van der Waals surface area contributed by atoms with Crippen LogP contribution in [0.5, 0.6) is 0 Å². The second-order valence-electron chi connectivity index (χ2n) is 12.4. The van der Waals surface area contributed by atoms with Gasteiger partial charge in [0.25, 0.3) is 0 Å². The molecule has 0 amide bonds. The Kier molecular flexibility index (Phi) is 64.9. The van der Waals surface area contributed by atoms with Crippen LogP contribution in [0.3, 0.4) is 0 Å². The van der Waals surface area contributed by atoms with Crippen molar-refractivity contribution in [3.05, 3.63) is 0 Å². The fourth-order valence-corrected chi connectivity index (χ4v) is 5.28. The van der Waals surface area contributed by atoms with Gasteiger partial charge in [0, 0.05) is 21.1 Å². The molecule has 0 rings (SSSR count). The fraction of sp³-hybridized carbons (Fsp3) is 0.944. The van der Waals surface area contributed by atoms with Gasteiger partial charge >= 0.3 is 75.5 Å². The molecule has 0 radical (unpaired) electrons. The molecule has 0 aromatic heterocycles. The maximum absolute atomic E-state index is 10.2. The number of carbonyl (C=O) groups is 2. The van der Waals surface area contributed by atoms with Gasteiger partial charge in [0.05, 0.1) is 0 Å². The Bertz CT molecular complexity index is 551. The molecule has 0 aliphatic heterocycles. The topological polar surface area (TPSA) is 143 Å². The van der Waals surface area contributed by atoms with E-state index < -0.39 is 21.1 Å². The van der Waals surface area contributed by atoms with E-state index >= 15 is 0 Å². The maximum atomic E-state index is 10.2. The molecule has 0 aromatic carbocycles. The van der Waals surface area contributed by atoms with Crippen molar-refractivity contribution in [2.75, 3.05) is 0 Å². The van der Waals surface area contributed by atoms with Gasteiger partial charge in [-0.25, -0.2) is 0 Å². The molecule has 0 aliphatic carbocycles. The monoisotopic (exact) mass is 722 g/mol. The van der Waals surface area contributed by atoms with Crippen molar-refractivity contribution in [1.82, 2.24) is 0 Å². The third-order valence-corrected chi connectivity index (χ3v) is 7.97. The van der Waals surface area contributed by atoms with E-state index in [1.54, 1.807) is 0 Å². The van der Waals surface area contributed by atoms with Crippen molar-refractivity contribution in [3.8, 4) is 0 Å². The van der Waals surface area contributed by atoms with E-state index in [0.717, 1.165) is 25.7 Å². The van der Waals surface area contributed by atoms with Crippen LogP contribution in [-0.2, 0) is 14.1 Å². The summed E-state index contributed by atoms with van der Waals surface area (Å²) in [4.78, 5) is 37.5. The summed E-state index contributed by atoms with van der Waals surface area (Å²) in [5.41, 5.74) is 0. The first-order valence-electron chi connectivity index (χ1n) is 18.6. The van der Waals surface area contributed by atoms with Crippen LogP contribution in [0, 0.1) is 0 Å². The number of hydrogen-bond acceptors (Lipinski definition) is 7. The minimum Gasteiger partial charge on any atom is -0.672 e. The first kappa shape index (κ1) is 56.5. The van der Waals surface area contributed by atoms with Crippen LogP contribution < -0.4 is 19.8 Å². The average Bonchev–Trinajstić information content (AvgIpc) is 2.97. The summed E-state index contributed by atoms with van der Waals surface area (Å²) in [5, 5.41) is 20.4. The van der Waals surface area contributed by atoms with E-state index in [1.807, 2.05) is 0 Å². The third-order valence-electron chi connectivity index (χ3n) is 7.97. The number of carboxylic acids is 2. The minimum atomic E-state index is -3.63. The van der Waals surface area contributed by atoms with Crippen LogP contribution in [0.2, 0.25) is 0 Å². The fourth-order valence-electron chi connectivity index (χ4n) is 5.28. The van der Waals surface area contributed by atoms with E-state index in [4.69, 9.17) is 14.1 Å². The van der Waals surface area contributed by atoms with Gasteiger partial charge in [-0.2, -0.15) is 0 Å². The van der Waals surface area contributed by atoms with Gasteiger partial charge in [0.15, 0.2) is 0 Å².